The molecular formula is C13H17N3S2. The van der Waals surface area contributed by atoms with Gasteiger partial charge in [0.25, 0.3) is 0 Å². The summed E-state index contributed by atoms with van der Waals surface area (Å²) in [5, 5.41) is 11.1. The first-order chi connectivity index (χ1) is 8.92. The highest BCUT2D eigenvalue weighted by Crippen LogP contribution is 2.26. The molecule has 0 aliphatic carbocycles. The number of aromatic nitrogens is 1. The van der Waals surface area contributed by atoms with E-state index in [1.165, 1.54) is 24.2 Å². The molecule has 0 spiro atoms. The molecule has 2 aromatic rings. The van der Waals surface area contributed by atoms with Gasteiger partial charge in [-0.05, 0) is 31.0 Å². The topological polar surface area (TPSA) is 28.2 Å². The molecule has 3 rings (SSSR count). The quantitative estimate of drug-likeness (QED) is 0.936. The van der Waals surface area contributed by atoms with Crippen molar-refractivity contribution in [2.45, 2.75) is 13.0 Å². The summed E-state index contributed by atoms with van der Waals surface area (Å²) in [5.74, 6) is 0. The molecule has 0 bridgehead atoms. The van der Waals surface area contributed by atoms with Gasteiger partial charge in [-0.1, -0.05) is 0 Å². The Morgan fingerprint density at radius 3 is 3.17 bits per heavy atom. The molecule has 0 unspecified atom stereocenters. The number of hydrogen-bond acceptors (Lipinski definition) is 5. The summed E-state index contributed by atoms with van der Waals surface area (Å²) in [5.41, 5.74) is 2.47. The molecule has 1 fully saturated rings. The molecule has 3 heterocycles. The van der Waals surface area contributed by atoms with Crippen LogP contribution in [0.15, 0.2) is 22.2 Å². The van der Waals surface area contributed by atoms with Crippen molar-refractivity contribution in [1.29, 1.82) is 0 Å². The van der Waals surface area contributed by atoms with Crippen molar-refractivity contribution >= 4 is 22.7 Å². The first-order valence-corrected chi connectivity index (χ1v) is 8.14. The molecule has 1 aliphatic rings. The third kappa shape index (κ3) is 2.98. The zero-order valence-electron chi connectivity index (χ0n) is 10.3. The van der Waals surface area contributed by atoms with E-state index in [4.69, 9.17) is 4.98 Å². The van der Waals surface area contributed by atoms with Crippen LogP contribution < -0.4 is 5.32 Å². The lowest BCUT2D eigenvalue weighted by Crippen LogP contribution is -2.27. The Bertz CT molecular complexity index is 470. The summed E-state index contributed by atoms with van der Waals surface area (Å²) in [6, 6.07) is 2.14. The van der Waals surface area contributed by atoms with Crippen LogP contribution in [-0.2, 0) is 6.54 Å². The van der Waals surface area contributed by atoms with Gasteiger partial charge in [-0.15, -0.1) is 11.3 Å². The second-order valence-corrected chi connectivity index (χ2v) is 6.17. The highest BCUT2D eigenvalue weighted by molar-refractivity contribution is 7.14. The van der Waals surface area contributed by atoms with E-state index in [0.717, 1.165) is 31.2 Å². The number of hydrogen-bond donors (Lipinski definition) is 1. The van der Waals surface area contributed by atoms with E-state index in [9.17, 15) is 0 Å². The highest BCUT2D eigenvalue weighted by Gasteiger charge is 2.11. The smallest absolute Gasteiger partial charge is 0.124 e. The van der Waals surface area contributed by atoms with Crippen LogP contribution in [0.25, 0.3) is 10.6 Å². The molecule has 0 amide bonds. The summed E-state index contributed by atoms with van der Waals surface area (Å²) in [6.07, 6.45) is 1.24. The second kappa shape index (κ2) is 5.93. The van der Waals surface area contributed by atoms with Gasteiger partial charge in [0.1, 0.15) is 5.01 Å². The molecule has 96 valence electrons. The zero-order valence-corrected chi connectivity index (χ0v) is 11.9. The molecular weight excluding hydrogens is 262 g/mol. The zero-order chi connectivity index (χ0) is 12.2. The number of thiophene rings is 1. The molecule has 0 saturated carbocycles. The van der Waals surface area contributed by atoms with E-state index in [-0.39, 0.29) is 0 Å². The van der Waals surface area contributed by atoms with Gasteiger partial charge in [0.2, 0.25) is 0 Å². The number of rotatable bonds is 3. The summed E-state index contributed by atoms with van der Waals surface area (Å²) in [7, 11) is 0. The number of thiazole rings is 1. The van der Waals surface area contributed by atoms with E-state index in [1.807, 2.05) is 0 Å². The first kappa shape index (κ1) is 12.3. The van der Waals surface area contributed by atoms with Crippen molar-refractivity contribution in [3.8, 4) is 10.6 Å². The molecule has 0 atom stereocenters. The van der Waals surface area contributed by atoms with Gasteiger partial charge in [-0.2, -0.15) is 11.3 Å². The third-order valence-corrected chi connectivity index (χ3v) is 4.76. The lowest BCUT2D eigenvalue weighted by molar-refractivity contribution is 0.281. The Morgan fingerprint density at radius 2 is 2.28 bits per heavy atom. The molecule has 18 heavy (non-hydrogen) atoms. The first-order valence-electron chi connectivity index (χ1n) is 6.32. The van der Waals surface area contributed by atoms with Gasteiger partial charge >= 0.3 is 0 Å². The monoisotopic (exact) mass is 279 g/mol. The minimum atomic E-state index is 0.988. The van der Waals surface area contributed by atoms with Crippen LogP contribution >= 0.6 is 22.7 Å². The Labute approximate surface area is 115 Å². The van der Waals surface area contributed by atoms with E-state index in [0.29, 0.717) is 0 Å². The maximum atomic E-state index is 4.74. The fourth-order valence-electron chi connectivity index (χ4n) is 2.19. The van der Waals surface area contributed by atoms with Crippen LogP contribution in [0.5, 0.6) is 0 Å². The number of nitrogens with one attached hydrogen (secondary N) is 1. The van der Waals surface area contributed by atoms with Gasteiger partial charge in [0, 0.05) is 36.0 Å². The molecule has 0 radical (unpaired) electrons. The van der Waals surface area contributed by atoms with Crippen LogP contribution in [-0.4, -0.2) is 36.1 Å². The lowest BCUT2D eigenvalue weighted by Gasteiger charge is -2.17. The Hall–Kier alpha value is -0.750. The van der Waals surface area contributed by atoms with Crippen LogP contribution in [0.1, 0.15) is 12.1 Å². The average Bonchev–Trinajstić information content (AvgIpc) is 2.98. The van der Waals surface area contributed by atoms with Gasteiger partial charge in [-0.25, -0.2) is 4.98 Å². The third-order valence-electron chi connectivity index (χ3n) is 3.14. The van der Waals surface area contributed by atoms with Crippen LogP contribution in [0.3, 0.4) is 0 Å². The maximum absolute atomic E-state index is 4.74. The van der Waals surface area contributed by atoms with Crippen molar-refractivity contribution in [3.63, 3.8) is 0 Å². The fourth-order valence-corrected chi connectivity index (χ4v) is 3.71. The molecule has 1 aliphatic heterocycles. The van der Waals surface area contributed by atoms with Crippen molar-refractivity contribution in [2.24, 2.45) is 0 Å². The molecule has 2 aromatic heterocycles. The fraction of sp³-hybridized carbons (Fsp3) is 0.462. The van der Waals surface area contributed by atoms with Crippen LogP contribution in [0.4, 0.5) is 0 Å². The van der Waals surface area contributed by atoms with Crippen molar-refractivity contribution < 1.29 is 0 Å². The minimum Gasteiger partial charge on any atom is -0.315 e. The molecule has 1 saturated heterocycles. The average molecular weight is 279 g/mol. The molecule has 1 N–H and O–H groups in total. The predicted molar refractivity (Wildman–Crippen MR) is 78.2 cm³/mol. The summed E-state index contributed by atoms with van der Waals surface area (Å²) in [6.45, 7) is 5.54. The van der Waals surface area contributed by atoms with Crippen molar-refractivity contribution in [2.75, 3.05) is 26.2 Å². The van der Waals surface area contributed by atoms with E-state index in [2.05, 4.69) is 32.4 Å². The second-order valence-electron chi connectivity index (χ2n) is 4.54. The van der Waals surface area contributed by atoms with E-state index < -0.39 is 0 Å². The van der Waals surface area contributed by atoms with Gasteiger partial charge in [0.15, 0.2) is 0 Å². The van der Waals surface area contributed by atoms with E-state index in [1.54, 1.807) is 22.7 Å². The van der Waals surface area contributed by atoms with Crippen molar-refractivity contribution in [3.05, 3.63) is 27.9 Å². The predicted octanol–water partition coefficient (Wildman–Crippen LogP) is 2.67. The highest BCUT2D eigenvalue weighted by atomic mass is 32.1. The summed E-state index contributed by atoms with van der Waals surface area (Å²) in [4.78, 5) is 7.23. The van der Waals surface area contributed by atoms with Crippen molar-refractivity contribution in [1.82, 2.24) is 15.2 Å². The van der Waals surface area contributed by atoms with E-state index >= 15 is 0 Å². The Morgan fingerprint density at radius 1 is 1.28 bits per heavy atom. The lowest BCUT2D eigenvalue weighted by atomic mass is 10.3. The maximum Gasteiger partial charge on any atom is 0.124 e. The van der Waals surface area contributed by atoms with Crippen LogP contribution in [0, 0.1) is 0 Å². The number of nitrogens with zero attached hydrogens (tertiary/aromatic N) is 2. The summed E-state index contributed by atoms with van der Waals surface area (Å²) >= 11 is 3.48. The SMILES string of the molecule is c1cc(-c2nc(CN3CCCNCC3)cs2)cs1. The van der Waals surface area contributed by atoms with Gasteiger partial charge in [0.05, 0.1) is 5.69 Å². The van der Waals surface area contributed by atoms with Gasteiger partial charge in [-0.3, -0.25) is 4.90 Å². The standard InChI is InChI=1S/C13H17N3S2/c1-3-14-4-6-16(5-1)8-12-10-18-13(15-12)11-2-7-17-9-11/h2,7,9-10,14H,1,3-6,8H2. The normalized spacial score (nSPS) is 17.8. The molecule has 3 nitrogen and oxygen atoms in total. The Kier molecular flexibility index (Phi) is 4.05. The van der Waals surface area contributed by atoms with Crippen LogP contribution in [0.2, 0.25) is 0 Å². The van der Waals surface area contributed by atoms with Gasteiger partial charge < -0.3 is 5.32 Å². The largest absolute Gasteiger partial charge is 0.315 e. The molecule has 5 heteroatoms. The molecule has 0 aromatic carbocycles. The Balaban J connectivity index is 1.66. The minimum absolute atomic E-state index is 0.988. The summed E-state index contributed by atoms with van der Waals surface area (Å²) < 4.78 is 0.